The fourth-order valence-electron chi connectivity index (χ4n) is 1.06. The predicted octanol–water partition coefficient (Wildman–Crippen LogP) is 0.419. The van der Waals surface area contributed by atoms with Crippen molar-refractivity contribution in [2.24, 2.45) is 0 Å². The van der Waals surface area contributed by atoms with Crippen LogP contribution in [0.15, 0.2) is 12.4 Å². The third kappa shape index (κ3) is 2.39. The van der Waals surface area contributed by atoms with E-state index < -0.39 is 4.92 Å². The number of nitrogens with zero attached hydrogens (tertiary/aromatic N) is 3. The fraction of sp³-hybridized carbons (Fsp3) is 0.250. The summed E-state index contributed by atoms with van der Waals surface area (Å²) >= 11 is 0. The van der Waals surface area contributed by atoms with Crippen molar-refractivity contribution in [2.75, 3.05) is 14.1 Å². The normalized spacial score (nSPS) is 11.2. The number of hydrogen-bond acceptors (Lipinski definition) is 5. The summed E-state index contributed by atoms with van der Waals surface area (Å²) in [4.78, 5) is 22.3. The predicted molar refractivity (Wildman–Crippen MR) is 53.0 cm³/mol. The van der Waals surface area contributed by atoms with Crippen LogP contribution in [0.25, 0.3) is 5.57 Å². The van der Waals surface area contributed by atoms with Crippen molar-refractivity contribution in [1.29, 1.82) is 0 Å². The van der Waals surface area contributed by atoms with Gasteiger partial charge in [-0.1, -0.05) is 0 Å². The van der Waals surface area contributed by atoms with Gasteiger partial charge < -0.3 is 4.90 Å². The lowest BCUT2D eigenvalue weighted by Gasteiger charge is -2.04. The molecule has 1 heterocycles. The average molecular weight is 210 g/mol. The topological polar surface area (TPSA) is 92.1 Å². The molecule has 15 heavy (non-hydrogen) atoms. The number of carbonyl (C=O) groups excluding carboxylic acids is 1. The van der Waals surface area contributed by atoms with Crippen LogP contribution in [0.3, 0.4) is 0 Å². The number of nitro groups is 1. The van der Waals surface area contributed by atoms with E-state index in [-0.39, 0.29) is 17.0 Å². The molecule has 0 aliphatic heterocycles. The van der Waals surface area contributed by atoms with E-state index in [9.17, 15) is 14.9 Å². The maximum atomic E-state index is 10.7. The van der Waals surface area contributed by atoms with Crippen molar-refractivity contribution in [2.45, 2.75) is 0 Å². The number of rotatable bonds is 4. The Balaban J connectivity index is 3.18. The second kappa shape index (κ2) is 4.36. The van der Waals surface area contributed by atoms with E-state index in [1.807, 2.05) is 0 Å². The van der Waals surface area contributed by atoms with Crippen molar-refractivity contribution in [3.8, 4) is 0 Å². The zero-order valence-electron chi connectivity index (χ0n) is 8.30. The van der Waals surface area contributed by atoms with Gasteiger partial charge in [0, 0.05) is 20.3 Å². The van der Waals surface area contributed by atoms with Crippen LogP contribution >= 0.6 is 0 Å². The summed E-state index contributed by atoms with van der Waals surface area (Å²) in [6.45, 7) is 0. The number of nitrogens with one attached hydrogen (secondary N) is 1. The van der Waals surface area contributed by atoms with E-state index in [4.69, 9.17) is 0 Å². The quantitative estimate of drug-likeness (QED) is 0.336. The Morgan fingerprint density at radius 1 is 1.67 bits per heavy atom. The summed E-state index contributed by atoms with van der Waals surface area (Å²) in [5.74, 6) is 0. The smallest absolute Gasteiger partial charge is 0.314 e. The molecular weight excluding hydrogens is 200 g/mol. The minimum atomic E-state index is -0.591. The molecule has 7 nitrogen and oxygen atoms in total. The summed E-state index contributed by atoms with van der Waals surface area (Å²) in [6.07, 6.45) is 3.14. The van der Waals surface area contributed by atoms with Gasteiger partial charge in [-0.05, 0) is 0 Å². The lowest BCUT2D eigenvalue weighted by Crippen LogP contribution is -2.04. The molecule has 0 saturated heterocycles. The van der Waals surface area contributed by atoms with Crippen LogP contribution in [-0.4, -0.2) is 40.4 Å². The molecule has 0 radical (unpaired) electrons. The lowest BCUT2D eigenvalue weighted by molar-refractivity contribution is -0.385. The molecule has 1 N–H and O–H groups in total. The molecule has 1 rings (SSSR count). The van der Waals surface area contributed by atoms with Crippen molar-refractivity contribution in [3.05, 3.63) is 28.2 Å². The van der Waals surface area contributed by atoms with Gasteiger partial charge in [0.15, 0.2) is 12.0 Å². The van der Waals surface area contributed by atoms with E-state index in [2.05, 4.69) is 10.2 Å². The monoisotopic (exact) mass is 210 g/mol. The Labute approximate surface area is 85.5 Å². The van der Waals surface area contributed by atoms with E-state index >= 15 is 0 Å². The molecule has 0 aromatic carbocycles. The molecule has 0 spiro atoms. The first-order valence-electron chi connectivity index (χ1n) is 4.08. The second-order valence-electron chi connectivity index (χ2n) is 3.04. The Hall–Kier alpha value is -2.18. The van der Waals surface area contributed by atoms with Crippen LogP contribution in [0.2, 0.25) is 0 Å². The molecule has 0 aliphatic carbocycles. The van der Waals surface area contributed by atoms with Gasteiger partial charge in [0.25, 0.3) is 0 Å². The number of hydrogen-bond donors (Lipinski definition) is 1. The first kappa shape index (κ1) is 10.9. The highest BCUT2D eigenvalue weighted by Crippen LogP contribution is 2.21. The van der Waals surface area contributed by atoms with Gasteiger partial charge in [-0.3, -0.25) is 20.0 Å². The third-order valence-corrected chi connectivity index (χ3v) is 1.61. The summed E-state index contributed by atoms with van der Waals surface area (Å²) in [5, 5.41) is 16.6. The number of aromatic amines is 1. The van der Waals surface area contributed by atoms with E-state index in [1.54, 1.807) is 19.0 Å². The fourth-order valence-corrected chi connectivity index (χ4v) is 1.06. The van der Waals surface area contributed by atoms with Crippen molar-refractivity contribution in [1.82, 2.24) is 15.1 Å². The van der Waals surface area contributed by atoms with Gasteiger partial charge in [-0.25, -0.2) is 0 Å². The Bertz CT molecular complexity index is 408. The van der Waals surface area contributed by atoms with Crippen LogP contribution in [-0.2, 0) is 4.79 Å². The molecule has 7 heteroatoms. The summed E-state index contributed by atoms with van der Waals surface area (Å²) in [5.41, 5.74) is -0.00755. The number of H-pyrrole nitrogens is 1. The second-order valence-corrected chi connectivity index (χ2v) is 3.04. The molecule has 1 aromatic heterocycles. The van der Waals surface area contributed by atoms with Gasteiger partial charge in [0.2, 0.25) is 0 Å². The molecule has 1 aromatic rings. The molecule has 0 atom stereocenters. The first-order valence-corrected chi connectivity index (χ1v) is 4.08. The highest BCUT2D eigenvalue weighted by atomic mass is 16.6. The highest BCUT2D eigenvalue weighted by molar-refractivity contribution is 6.07. The summed E-state index contributed by atoms with van der Waals surface area (Å²) in [6, 6.07) is 0. The number of carbonyl (C=O) groups is 1. The van der Waals surface area contributed by atoms with E-state index in [1.165, 1.54) is 6.20 Å². The summed E-state index contributed by atoms with van der Waals surface area (Å²) < 4.78 is 0. The molecule has 0 amide bonds. The minimum Gasteiger partial charge on any atom is -0.383 e. The van der Waals surface area contributed by atoms with Gasteiger partial charge in [0.1, 0.15) is 6.20 Å². The molecule has 0 aliphatic rings. The third-order valence-electron chi connectivity index (χ3n) is 1.61. The SMILES string of the molecule is CN(C)C=C(C=O)c1n[nH]cc1[N+](=O)[O-]. The molecule has 0 unspecified atom stereocenters. The average Bonchev–Trinajstić information content (AvgIpc) is 2.62. The lowest BCUT2D eigenvalue weighted by atomic mass is 10.2. The zero-order chi connectivity index (χ0) is 11.4. The Morgan fingerprint density at radius 3 is 2.80 bits per heavy atom. The van der Waals surface area contributed by atoms with Crippen LogP contribution in [0.4, 0.5) is 5.69 Å². The van der Waals surface area contributed by atoms with Crippen molar-refractivity contribution >= 4 is 17.5 Å². The first-order chi connectivity index (χ1) is 7.06. The zero-order valence-corrected chi connectivity index (χ0v) is 8.30. The maximum Gasteiger partial charge on any atom is 0.314 e. The largest absolute Gasteiger partial charge is 0.383 e. The Morgan fingerprint density at radius 2 is 2.33 bits per heavy atom. The van der Waals surface area contributed by atoms with Gasteiger partial charge >= 0.3 is 5.69 Å². The molecule has 0 saturated carbocycles. The van der Waals surface area contributed by atoms with E-state index in [0.29, 0.717) is 6.29 Å². The van der Waals surface area contributed by atoms with Gasteiger partial charge in [0.05, 0.1) is 10.5 Å². The van der Waals surface area contributed by atoms with Crippen molar-refractivity contribution < 1.29 is 9.72 Å². The highest BCUT2D eigenvalue weighted by Gasteiger charge is 2.20. The summed E-state index contributed by atoms with van der Waals surface area (Å²) in [7, 11) is 3.42. The van der Waals surface area contributed by atoms with Crippen molar-refractivity contribution in [3.63, 3.8) is 0 Å². The van der Waals surface area contributed by atoms with Gasteiger partial charge in [-0.15, -0.1) is 0 Å². The van der Waals surface area contributed by atoms with Crippen LogP contribution in [0.5, 0.6) is 0 Å². The van der Waals surface area contributed by atoms with Crippen LogP contribution in [0.1, 0.15) is 5.69 Å². The van der Waals surface area contributed by atoms with Crippen LogP contribution in [0, 0.1) is 10.1 Å². The molecular formula is C8H10N4O3. The Kier molecular flexibility index (Phi) is 3.17. The molecule has 80 valence electrons. The number of aldehydes is 1. The standard InChI is InChI=1S/C8H10N4O3/c1-11(2)4-6(5-13)8-7(12(14)15)3-9-10-8/h3-5H,1-2H3,(H,9,10). The molecule has 0 bridgehead atoms. The number of aromatic nitrogens is 2. The van der Waals surface area contributed by atoms with E-state index in [0.717, 1.165) is 6.20 Å². The molecule has 0 fully saturated rings. The minimum absolute atomic E-state index is 0.0451. The number of allylic oxidation sites excluding steroid dienone is 1. The van der Waals surface area contributed by atoms with Crippen LogP contribution < -0.4 is 0 Å². The van der Waals surface area contributed by atoms with Gasteiger partial charge in [-0.2, -0.15) is 5.10 Å². The maximum absolute atomic E-state index is 10.7.